The van der Waals surface area contributed by atoms with Crippen LogP contribution in [0.4, 0.5) is 11.4 Å². The molecule has 0 saturated carbocycles. The predicted molar refractivity (Wildman–Crippen MR) is 94.4 cm³/mol. The zero-order chi connectivity index (χ0) is 18.4. The lowest BCUT2D eigenvalue weighted by atomic mass is 10.1. The summed E-state index contributed by atoms with van der Waals surface area (Å²) in [6, 6.07) is 11.4. The van der Waals surface area contributed by atoms with E-state index in [-0.39, 0.29) is 17.2 Å². The Kier molecular flexibility index (Phi) is 5.75. The van der Waals surface area contributed by atoms with Gasteiger partial charge in [0.05, 0.1) is 26.5 Å². The van der Waals surface area contributed by atoms with Crippen molar-refractivity contribution in [2.75, 3.05) is 25.7 Å². The number of carbonyl (C=O) groups excluding carboxylic acids is 2. The van der Waals surface area contributed by atoms with Gasteiger partial charge in [-0.15, -0.1) is 0 Å². The Hall–Kier alpha value is -3.33. The first-order valence-corrected chi connectivity index (χ1v) is 7.62. The maximum atomic E-state index is 12.9. The van der Waals surface area contributed by atoms with E-state index in [0.29, 0.717) is 23.5 Å². The molecule has 2 rings (SSSR count). The second kappa shape index (κ2) is 7.97. The average molecular weight is 338 g/mol. The summed E-state index contributed by atoms with van der Waals surface area (Å²) in [6.45, 7) is 9.19. The number of methoxy groups -OCH3 is 2. The maximum absolute atomic E-state index is 12.9. The van der Waals surface area contributed by atoms with E-state index in [9.17, 15) is 9.59 Å². The fourth-order valence-electron chi connectivity index (χ4n) is 2.48. The van der Waals surface area contributed by atoms with Gasteiger partial charge in [-0.05, 0) is 19.1 Å². The van der Waals surface area contributed by atoms with E-state index in [1.807, 2.05) is 6.92 Å². The van der Waals surface area contributed by atoms with Crippen LogP contribution in [0.15, 0.2) is 42.5 Å². The molecule has 0 spiro atoms. The first kappa shape index (κ1) is 18.0. The number of anilines is 1. The van der Waals surface area contributed by atoms with E-state index in [1.54, 1.807) is 42.5 Å². The van der Waals surface area contributed by atoms with Crippen molar-refractivity contribution in [3.63, 3.8) is 0 Å². The Balaban J connectivity index is 2.48. The summed E-state index contributed by atoms with van der Waals surface area (Å²) in [6.07, 6.45) is 0. The molecule has 0 radical (unpaired) electrons. The summed E-state index contributed by atoms with van der Waals surface area (Å²) < 4.78 is 10.1. The van der Waals surface area contributed by atoms with Gasteiger partial charge in [-0.1, -0.05) is 30.3 Å². The molecule has 0 saturated heterocycles. The molecule has 0 aromatic heterocycles. The zero-order valence-electron chi connectivity index (χ0n) is 14.3. The fourth-order valence-corrected chi connectivity index (χ4v) is 2.48. The summed E-state index contributed by atoms with van der Waals surface area (Å²) in [7, 11) is 2.73. The lowest BCUT2D eigenvalue weighted by molar-refractivity contribution is 0.0596. The molecular formula is C19H18N2O4. The normalized spacial score (nSPS) is 9.84. The third-order valence-corrected chi connectivity index (χ3v) is 3.70. The predicted octanol–water partition coefficient (Wildman–Crippen LogP) is 3.70. The molecule has 0 atom stereocenters. The van der Waals surface area contributed by atoms with Crippen molar-refractivity contribution in [2.24, 2.45) is 0 Å². The van der Waals surface area contributed by atoms with Gasteiger partial charge in [-0.3, -0.25) is 4.79 Å². The zero-order valence-corrected chi connectivity index (χ0v) is 14.3. The lowest BCUT2D eigenvalue weighted by Crippen LogP contribution is -2.31. The molecule has 128 valence electrons. The van der Waals surface area contributed by atoms with Crippen LogP contribution in [0.2, 0.25) is 0 Å². The van der Waals surface area contributed by atoms with Crippen LogP contribution in [-0.4, -0.2) is 32.6 Å². The molecule has 6 heteroatoms. The van der Waals surface area contributed by atoms with Crippen LogP contribution < -0.4 is 9.64 Å². The number of para-hydroxylation sites is 1. The van der Waals surface area contributed by atoms with E-state index in [4.69, 9.17) is 16.0 Å². The Bertz CT molecular complexity index is 822. The topological polar surface area (TPSA) is 60.2 Å². The lowest BCUT2D eigenvalue weighted by Gasteiger charge is -2.24. The number of hydrogen-bond donors (Lipinski definition) is 0. The Morgan fingerprint density at radius 3 is 2.32 bits per heavy atom. The minimum atomic E-state index is -0.538. The molecule has 2 aromatic carbocycles. The average Bonchev–Trinajstić information content (AvgIpc) is 2.67. The monoisotopic (exact) mass is 338 g/mol. The number of esters is 1. The van der Waals surface area contributed by atoms with Gasteiger partial charge < -0.3 is 14.4 Å². The van der Waals surface area contributed by atoms with Gasteiger partial charge in [0.25, 0.3) is 5.91 Å². The second-order valence-corrected chi connectivity index (χ2v) is 5.06. The number of benzene rings is 2. The van der Waals surface area contributed by atoms with Gasteiger partial charge in [0.15, 0.2) is 11.4 Å². The number of rotatable bonds is 5. The van der Waals surface area contributed by atoms with Crippen LogP contribution in [0, 0.1) is 6.57 Å². The van der Waals surface area contributed by atoms with E-state index >= 15 is 0 Å². The summed E-state index contributed by atoms with van der Waals surface area (Å²) in [5.41, 5.74) is 1.63. The van der Waals surface area contributed by atoms with Crippen molar-refractivity contribution < 1.29 is 19.1 Å². The summed E-state index contributed by atoms with van der Waals surface area (Å²) in [5.74, 6) is -0.509. The molecule has 6 nitrogen and oxygen atoms in total. The standard InChI is InChI=1S/C19H18N2O4/c1-5-21(18(22)13-9-11-14(20-2)12-10-13)16-8-6-7-15(17(16)24-3)19(23)25-4/h6-12H,5H2,1,3-4H3. The molecule has 0 aliphatic rings. The highest BCUT2D eigenvalue weighted by Crippen LogP contribution is 2.33. The molecule has 0 bridgehead atoms. The molecular weight excluding hydrogens is 320 g/mol. The van der Waals surface area contributed by atoms with Gasteiger partial charge in [-0.2, -0.15) is 0 Å². The van der Waals surface area contributed by atoms with Crippen molar-refractivity contribution in [2.45, 2.75) is 6.92 Å². The largest absolute Gasteiger partial charge is 0.494 e. The number of carbonyl (C=O) groups is 2. The van der Waals surface area contributed by atoms with E-state index in [0.717, 1.165) is 0 Å². The van der Waals surface area contributed by atoms with Crippen molar-refractivity contribution in [3.8, 4) is 5.75 Å². The number of hydrogen-bond acceptors (Lipinski definition) is 4. The smallest absolute Gasteiger partial charge is 0.341 e. The van der Waals surface area contributed by atoms with Crippen LogP contribution in [0.25, 0.3) is 4.85 Å². The summed E-state index contributed by atoms with van der Waals surface area (Å²) in [4.78, 5) is 29.6. The van der Waals surface area contributed by atoms with Gasteiger partial charge in [-0.25, -0.2) is 9.64 Å². The molecule has 2 aromatic rings. The van der Waals surface area contributed by atoms with Crippen LogP contribution in [0.5, 0.6) is 5.75 Å². The molecule has 0 aliphatic heterocycles. The van der Waals surface area contributed by atoms with Crippen molar-refractivity contribution >= 4 is 23.3 Å². The van der Waals surface area contributed by atoms with Gasteiger partial charge >= 0.3 is 5.97 Å². The van der Waals surface area contributed by atoms with Crippen molar-refractivity contribution in [1.82, 2.24) is 0 Å². The Morgan fingerprint density at radius 1 is 1.12 bits per heavy atom. The highest BCUT2D eigenvalue weighted by atomic mass is 16.5. The minimum absolute atomic E-state index is 0.247. The van der Waals surface area contributed by atoms with Crippen LogP contribution in [0.3, 0.4) is 0 Å². The van der Waals surface area contributed by atoms with Gasteiger partial charge in [0, 0.05) is 12.1 Å². The number of amides is 1. The minimum Gasteiger partial charge on any atom is -0.494 e. The quantitative estimate of drug-likeness (QED) is 0.616. The molecule has 25 heavy (non-hydrogen) atoms. The van der Waals surface area contributed by atoms with Gasteiger partial charge in [0.1, 0.15) is 5.56 Å². The number of nitrogens with zero attached hydrogens (tertiary/aromatic N) is 2. The highest BCUT2D eigenvalue weighted by molar-refractivity contribution is 6.08. The van der Waals surface area contributed by atoms with E-state index in [2.05, 4.69) is 4.85 Å². The highest BCUT2D eigenvalue weighted by Gasteiger charge is 2.23. The van der Waals surface area contributed by atoms with Crippen molar-refractivity contribution in [1.29, 1.82) is 0 Å². The van der Waals surface area contributed by atoms with Gasteiger partial charge in [0.2, 0.25) is 0 Å². The molecule has 1 amide bonds. The first-order chi connectivity index (χ1) is 12.1. The van der Waals surface area contributed by atoms with Crippen molar-refractivity contribution in [3.05, 3.63) is 65.0 Å². The third-order valence-electron chi connectivity index (χ3n) is 3.70. The Morgan fingerprint density at radius 2 is 1.80 bits per heavy atom. The van der Waals surface area contributed by atoms with E-state index < -0.39 is 5.97 Å². The van der Waals surface area contributed by atoms with E-state index in [1.165, 1.54) is 19.1 Å². The molecule has 0 N–H and O–H groups in total. The van der Waals surface area contributed by atoms with Crippen LogP contribution >= 0.6 is 0 Å². The molecule has 0 heterocycles. The Labute approximate surface area is 146 Å². The molecule has 0 fully saturated rings. The molecule has 0 aliphatic carbocycles. The number of ether oxygens (including phenoxy) is 2. The fraction of sp³-hybridized carbons (Fsp3) is 0.211. The summed E-state index contributed by atoms with van der Waals surface area (Å²) >= 11 is 0. The first-order valence-electron chi connectivity index (χ1n) is 7.62. The third kappa shape index (κ3) is 3.61. The van der Waals surface area contributed by atoms with Crippen LogP contribution in [0.1, 0.15) is 27.6 Å². The maximum Gasteiger partial charge on any atom is 0.341 e. The molecule has 0 unspecified atom stereocenters. The second-order valence-electron chi connectivity index (χ2n) is 5.06. The summed E-state index contributed by atoms with van der Waals surface area (Å²) in [5, 5.41) is 0. The van der Waals surface area contributed by atoms with Crippen LogP contribution in [-0.2, 0) is 4.74 Å². The SMILES string of the molecule is [C-]#[N+]c1ccc(C(=O)N(CC)c2cccc(C(=O)OC)c2OC)cc1.